The minimum atomic E-state index is -0.544. The van der Waals surface area contributed by atoms with Crippen molar-refractivity contribution in [3.8, 4) is 0 Å². The molecule has 0 heterocycles. The number of aliphatic hydroxyl groups excluding tert-OH is 2. The van der Waals surface area contributed by atoms with Gasteiger partial charge in [0, 0.05) is 6.42 Å². The quantitative estimate of drug-likeness (QED) is 0.755. The predicted molar refractivity (Wildman–Crippen MR) is 56.9 cm³/mol. The molecule has 0 fully saturated rings. The van der Waals surface area contributed by atoms with Crippen LogP contribution in [0.4, 0.5) is 0 Å². The molecular weight excluding hydrogens is 176 g/mol. The third kappa shape index (κ3) is 3.48. The Labute approximate surface area is 85.2 Å². The summed E-state index contributed by atoms with van der Waals surface area (Å²) >= 11 is 0. The van der Waals surface area contributed by atoms with Crippen molar-refractivity contribution in [1.82, 2.24) is 0 Å². The monoisotopic (exact) mass is 194 g/mol. The molecule has 0 radical (unpaired) electrons. The van der Waals surface area contributed by atoms with E-state index in [1.54, 1.807) is 0 Å². The number of benzene rings is 1. The summed E-state index contributed by atoms with van der Waals surface area (Å²) in [6, 6.07) is 9.46. The predicted octanol–water partition coefficient (Wildman–Crippen LogP) is 2.27. The van der Waals surface area contributed by atoms with Crippen molar-refractivity contribution < 1.29 is 10.2 Å². The first-order valence-electron chi connectivity index (χ1n) is 5.15. The molecule has 1 aromatic carbocycles. The zero-order valence-electron chi connectivity index (χ0n) is 8.56. The highest BCUT2D eigenvalue weighted by molar-refractivity contribution is 5.17. The maximum Gasteiger partial charge on any atom is 0.0814 e. The van der Waals surface area contributed by atoms with Crippen LogP contribution < -0.4 is 0 Å². The minimum Gasteiger partial charge on any atom is -0.393 e. The molecule has 0 aliphatic carbocycles. The molecule has 1 rings (SSSR count). The summed E-state index contributed by atoms with van der Waals surface area (Å²) < 4.78 is 0. The molecule has 2 N–H and O–H groups in total. The van der Waals surface area contributed by atoms with Crippen molar-refractivity contribution in [2.75, 3.05) is 0 Å². The Morgan fingerprint density at radius 3 is 2.36 bits per heavy atom. The highest BCUT2D eigenvalue weighted by atomic mass is 16.3. The average molecular weight is 194 g/mol. The van der Waals surface area contributed by atoms with Crippen LogP contribution in [0.5, 0.6) is 0 Å². The maximum atomic E-state index is 9.76. The normalized spacial score (nSPS) is 15.1. The van der Waals surface area contributed by atoms with Crippen LogP contribution in [0.3, 0.4) is 0 Å². The summed E-state index contributed by atoms with van der Waals surface area (Å²) in [7, 11) is 0. The van der Waals surface area contributed by atoms with E-state index in [-0.39, 0.29) is 0 Å². The van der Waals surface area contributed by atoms with E-state index >= 15 is 0 Å². The molecule has 14 heavy (non-hydrogen) atoms. The lowest BCUT2D eigenvalue weighted by molar-refractivity contribution is 0.0751. The number of aliphatic hydroxyl groups is 2. The molecule has 0 saturated carbocycles. The molecule has 0 bridgehead atoms. The van der Waals surface area contributed by atoms with Gasteiger partial charge in [0.2, 0.25) is 0 Å². The fourth-order valence-electron chi connectivity index (χ4n) is 1.52. The molecule has 1 aromatic rings. The van der Waals surface area contributed by atoms with Gasteiger partial charge >= 0.3 is 0 Å². The van der Waals surface area contributed by atoms with Gasteiger partial charge in [-0.3, -0.25) is 0 Å². The highest BCUT2D eigenvalue weighted by Gasteiger charge is 2.12. The van der Waals surface area contributed by atoms with Crippen LogP contribution in [0.25, 0.3) is 0 Å². The molecule has 0 saturated heterocycles. The van der Waals surface area contributed by atoms with Gasteiger partial charge in [-0.1, -0.05) is 43.7 Å². The molecule has 0 aromatic heterocycles. The van der Waals surface area contributed by atoms with E-state index in [1.807, 2.05) is 37.3 Å². The van der Waals surface area contributed by atoms with Crippen LogP contribution >= 0.6 is 0 Å². The number of hydrogen-bond donors (Lipinski definition) is 2. The molecule has 0 spiro atoms. The van der Waals surface area contributed by atoms with Gasteiger partial charge in [-0.15, -0.1) is 0 Å². The highest BCUT2D eigenvalue weighted by Crippen LogP contribution is 2.19. The van der Waals surface area contributed by atoms with Crippen LogP contribution in [0.1, 0.15) is 37.9 Å². The second-order valence-corrected chi connectivity index (χ2v) is 3.60. The van der Waals surface area contributed by atoms with Gasteiger partial charge in [0.25, 0.3) is 0 Å². The van der Waals surface area contributed by atoms with Crippen molar-refractivity contribution in [3.63, 3.8) is 0 Å². The second kappa shape index (κ2) is 5.78. The Bertz CT molecular complexity index is 246. The van der Waals surface area contributed by atoms with Gasteiger partial charge in [-0.05, 0) is 12.0 Å². The molecule has 2 atom stereocenters. The molecule has 0 aliphatic rings. The minimum absolute atomic E-state index is 0.393. The van der Waals surface area contributed by atoms with E-state index < -0.39 is 12.2 Å². The third-order valence-corrected chi connectivity index (χ3v) is 2.30. The Balaban J connectivity index is 2.46. The Morgan fingerprint density at radius 2 is 1.79 bits per heavy atom. The number of hydrogen-bond acceptors (Lipinski definition) is 2. The van der Waals surface area contributed by atoms with Crippen molar-refractivity contribution in [2.24, 2.45) is 0 Å². The van der Waals surface area contributed by atoms with E-state index in [0.29, 0.717) is 6.42 Å². The van der Waals surface area contributed by atoms with Crippen molar-refractivity contribution >= 4 is 0 Å². The zero-order valence-corrected chi connectivity index (χ0v) is 8.56. The molecule has 0 amide bonds. The second-order valence-electron chi connectivity index (χ2n) is 3.60. The first kappa shape index (κ1) is 11.2. The van der Waals surface area contributed by atoms with E-state index in [0.717, 1.165) is 18.4 Å². The van der Waals surface area contributed by atoms with Crippen molar-refractivity contribution in [2.45, 2.75) is 38.4 Å². The largest absolute Gasteiger partial charge is 0.393 e. The Kier molecular flexibility index (Phi) is 4.63. The Morgan fingerprint density at radius 1 is 1.14 bits per heavy atom. The summed E-state index contributed by atoms with van der Waals surface area (Å²) in [6.45, 7) is 2.03. The molecule has 1 unspecified atom stereocenters. The van der Waals surface area contributed by atoms with Gasteiger partial charge in [0.15, 0.2) is 0 Å². The summed E-state index contributed by atoms with van der Waals surface area (Å²) in [5, 5.41) is 19.3. The maximum absolute atomic E-state index is 9.76. The fraction of sp³-hybridized carbons (Fsp3) is 0.500. The van der Waals surface area contributed by atoms with Crippen LogP contribution in [0.15, 0.2) is 30.3 Å². The zero-order chi connectivity index (χ0) is 10.4. The first-order valence-corrected chi connectivity index (χ1v) is 5.15. The molecule has 0 aliphatic heterocycles. The topological polar surface area (TPSA) is 40.5 Å². The van der Waals surface area contributed by atoms with Gasteiger partial charge in [-0.2, -0.15) is 0 Å². The summed E-state index contributed by atoms with van der Waals surface area (Å²) in [5.74, 6) is 0. The standard InChI is InChI=1S/C12H18O2/c1-2-6-11(13)9-12(14)10-7-4-3-5-8-10/h3-5,7-8,11-14H,2,6,9H2,1H3/t11-,12?/m1/s1. The fourth-order valence-corrected chi connectivity index (χ4v) is 1.52. The van der Waals surface area contributed by atoms with Crippen LogP contribution in [0, 0.1) is 0 Å². The van der Waals surface area contributed by atoms with Gasteiger partial charge in [-0.25, -0.2) is 0 Å². The average Bonchev–Trinajstić information content (AvgIpc) is 2.19. The van der Waals surface area contributed by atoms with E-state index in [2.05, 4.69) is 0 Å². The molecule has 2 nitrogen and oxygen atoms in total. The van der Waals surface area contributed by atoms with Gasteiger partial charge < -0.3 is 10.2 Å². The van der Waals surface area contributed by atoms with Crippen LogP contribution in [-0.4, -0.2) is 16.3 Å². The number of rotatable bonds is 5. The summed E-state index contributed by atoms with van der Waals surface area (Å²) in [6.07, 6.45) is 1.19. The lowest BCUT2D eigenvalue weighted by atomic mass is 10.0. The lowest BCUT2D eigenvalue weighted by Crippen LogP contribution is -2.11. The van der Waals surface area contributed by atoms with Crippen molar-refractivity contribution in [3.05, 3.63) is 35.9 Å². The molecular formula is C12H18O2. The Hall–Kier alpha value is -0.860. The molecule has 78 valence electrons. The first-order chi connectivity index (χ1) is 6.74. The smallest absolute Gasteiger partial charge is 0.0814 e. The van der Waals surface area contributed by atoms with E-state index in [1.165, 1.54) is 0 Å². The van der Waals surface area contributed by atoms with Crippen LogP contribution in [-0.2, 0) is 0 Å². The van der Waals surface area contributed by atoms with Crippen molar-refractivity contribution in [1.29, 1.82) is 0 Å². The summed E-state index contributed by atoms with van der Waals surface area (Å²) in [5.41, 5.74) is 0.877. The molecule has 2 heteroatoms. The van der Waals surface area contributed by atoms with Gasteiger partial charge in [0.05, 0.1) is 12.2 Å². The van der Waals surface area contributed by atoms with Gasteiger partial charge in [0.1, 0.15) is 0 Å². The third-order valence-electron chi connectivity index (χ3n) is 2.30. The van der Waals surface area contributed by atoms with E-state index in [9.17, 15) is 10.2 Å². The van der Waals surface area contributed by atoms with Crippen LogP contribution in [0.2, 0.25) is 0 Å². The lowest BCUT2D eigenvalue weighted by Gasteiger charge is -2.15. The SMILES string of the molecule is CCC[C@@H](O)CC(O)c1ccccc1. The van der Waals surface area contributed by atoms with E-state index in [4.69, 9.17) is 0 Å². The summed E-state index contributed by atoms with van der Waals surface area (Å²) in [4.78, 5) is 0.